The first-order valence-electron chi connectivity index (χ1n) is 8.41. The molecule has 0 bridgehead atoms. The van der Waals surface area contributed by atoms with E-state index in [2.05, 4.69) is 71.2 Å². The average molecular weight is 358 g/mol. The van der Waals surface area contributed by atoms with Crippen LogP contribution in [0.3, 0.4) is 0 Å². The van der Waals surface area contributed by atoms with E-state index >= 15 is 0 Å². The maximum absolute atomic E-state index is 3.55. The van der Waals surface area contributed by atoms with Crippen molar-refractivity contribution < 1.29 is 0 Å². The second-order valence-electron chi connectivity index (χ2n) is 6.32. The number of benzene rings is 2. The SMILES string of the molecule is CCCCC(CC)Cc1ccc2[nH]c3cc(Br)ccc3c2c1. The number of H-pyrrole nitrogens is 1. The second kappa shape index (κ2) is 6.87. The van der Waals surface area contributed by atoms with Gasteiger partial charge in [0, 0.05) is 26.3 Å². The summed E-state index contributed by atoms with van der Waals surface area (Å²) in [6, 6.07) is 13.4. The molecule has 1 atom stereocenters. The Balaban J connectivity index is 1.93. The van der Waals surface area contributed by atoms with E-state index in [0.717, 1.165) is 10.4 Å². The van der Waals surface area contributed by atoms with Gasteiger partial charge in [0.1, 0.15) is 0 Å². The zero-order valence-corrected chi connectivity index (χ0v) is 15.0. The van der Waals surface area contributed by atoms with Crippen molar-refractivity contribution >= 4 is 37.7 Å². The largest absolute Gasteiger partial charge is 0.354 e. The Morgan fingerprint density at radius 3 is 2.64 bits per heavy atom. The van der Waals surface area contributed by atoms with Gasteiger partial charge in [0.2, 0.25) is 0 Å². The zero-order chi connectivity index (χ0) is 15.5. The summed E-state index contributed by atoms with van der Waals surface area (Å²) in [6.45, 7) is 4.60. The van der Waals surface area contributed by atoms with E-state index in [1.165, 1.54) is 59.5 Å². The van der Waals surface area contributed by atoms with E-state index in [4.69, 9.17) is 0 Å². The maximum atomic E-state index is 3.55. The lowest BCUT2D eigenvalue weighted by Gasteiger charge is -2.14. The molecule has 1 unspecified atom stereocenters. The highest BCUT2D eigenvalue weighted by atomic mass is 79.9. The van der Waals surface area contributed by atoms with Gasteiger partial charge in [-0.2, -0.15) is 0 Å². The summed E-state index contributed by atoms with van der Waals surface area (Å²) in [5.74, 6) is 0.816. The number of unbranched alkanes of at least 4 members (excludes halogenated alkanes) is 1. The lowest BCUT2D eigenvalue weighted by molar-refractivity contribution is 0.449. The summed E-state index contributed by atoms with van der Waals surface area (Å²) >= 11 is 3.55. The Bertz CT molecular complexity index is 772. The molecule has 0 fully saturated rings. The topological polar surface area (TPSA) is 15.8 Å². The number of rotatable bonds is 6. The molecule has 22 heavy (non-hydrogen) atoms. The van der Waals surface area contributed by atoms with E-state index in [9.17, 15) is 0 Å². The van der Waals surface area contributed by atoms with Gasteiger partial charge in [0.15, 0.2) is 0 Å². The van der Waals surface area contributed by atoms with Gasteiger partial charge in [-0.3, -0.25) is 0 Å². The van der Waals surface area contributed by atoms with Crippen molar-refractivity contribution in [3.05, 3.63) is 46.4 Å². The number of hydrogen-bond donors (Lipinski definition) is 1. The minimum absolute atomic E-state index is 0.816. The third-order valence-corrected chi connectivity index (χ3v) is 5.19. The van der Waals surface area contributed by atoms with E-state index in [1.54, 1.807) is 0 Å². The van der Waals surface area contributed by atoms with Crippen LogP contribution in [0, 0.1) is 5.92 Å². The van der Waals surface area contributed by atoms with Crippen LogP contribution in [0.25, 0.3) is 21.8 Å². The van der Waals surface area contributed by atoms with Crippen molar-refractivity contribution in [2.24, 2.45) is 5.92 Å². The predicted molar refractivity (Wildman–Crippen MR) is 101 cm³/mol. The summed E-state index contributed by atoms with van der Waals surface area (Å²) in [4.78, 5) is 3.52. The smallest absolute Gasteiger partial charge is 0.0476 e. The van der Waals surface area contributed by atoms with Gasteiger partial charge in [-0.05, 0) is 42.2 Å². The number of hydrogen-bond acceptors (Lipinski definition) is 0. The Hall–Kier alpha value is -1.28. The van der Waals surface area contributed by atoms with E-state index in [1.807, 2.05) is 0 Å². The van der Waals surface area contributed by atoms with Crippen molar-refractivity contribution in [2.45, 2.75) is 46.0 Å². The van der Waals surface area contributed by atoms with Crippen LogP contribution in [-0.2, 0) is 6.42 Å². The molecule has 1 aromatic heterocycles. The molecule has 3 aromatic rings. The third-order valence-electron chi connectivity index (χ3n) is 4.69. The standard InChI is InChI=1S/C20H24BrN/c1-3-5-6-14(4-2)11-15-7-10-19-18(12-15)17-9-8-16(21)13-20(17)22-19/h7-10,12-14,22H,3-6,11H2,1-2H3. The molecular weight excluding hydrogens is 334 g/mol. The van der Waals surface area contributed by atoms with Gasteiger partial charge in [0.05, 0.1) is 0 Å². The average Bonchev–Trinajstić information content (AvgIpc) is 2.88. The molecule has 0 amide bonds. The molecule has 1 N–H and O–H groups in total. The summed E-state index contributed by atoms with van der Waals surface area (Å²) in [5.41, 5.74) is 3.91. The lowest BCUT2D eigenvalue weighted by Crippen LogP contribution is -2.03. The molecule has 0 spiro atoms. The molecule has 0 aliphatic heterocycles. The minimum atomic E-state index is 0.816. The fourth-order valence-corrected chi connectivity index (χ4v) is 3.69. The predicted octanol–water partition coefficient (Wildman–Crippen LogP) is 6.84. The molecule has 0 aliphatic rings. The summed E-state index contributed by atoms with van der Waals surface area (Å²) < 4.78 is 1.12. The zero-order valence-electron chi connectivity index (χ0n) is 13.5. The van der Waals surface area contributed by atoms with Gasteiger partial charge in [-0.25, -0.2) is 0 Å². The van der Waals surface area contributed by atoms with Crippen LogP contribution in [0.15, 0.2) is 40.9 Å². The van der Waals surface area contributed by atoms with Crippen molar-refractivity contribution in [3.8, 4) is 0 Å². The molecule has 0 aliphatic carbocycles. The first kappa shape index (κ1) is 15.6. The molecule has 1 nitrogen and oxygen atoms in total. The molecule has 2 aromatic carbocycles. The number of halogens is 1. The maximum Gasteiger partial charge on any atom is 0.0476 e. The van der Waals surface area contributed by atoms with Crippen LogP contribution in [0.4, 0.5) is 0 Å². The third kappa shape index (κ3) is 3.22. The fourth-order valence-electron chi connectivity index (χ4n) is 3.33. The molecule has 2 heteroatoms. The Morgan fingerprint density at radius 1 is 1.00 bits per heavy atom. The summed E-state index contributed by atoms with van der Waals surface area (Å²) in [6.07, 6.45) is 6.48. The van der Waals surface area contributed by atoms with Crippen LogP contribution in [-0.4, -0.2) is 4.98 Å². The molecule has 0 radical (unpaired) electrons. The first-order chi connectivity index (χ1) is 10.7. The molecule has 1 heterocycles. The minimum Gasteiger partial charge on any atom is -0.354 e. The molecule has 0 saturated heterocycles. The molecule has 0 saturated carbocycles. The summed E-state index contributed by atoms with van der Waals surface area (Å²) in [5, 5.41) is 2.67. The normalized spacial score (nSPS) is 13.0. The number of aromatic nitrogens is 1. The first-order valence-corrected chi connectivity index (χ1v) is 9.20. The second-order valence-corrected chi connectivity index (χ2v) is 7.23. The highest BCUT2D eigenvalue weighted by molar-refractivity contribution is 9.10. The van der Waals surface area contributed by atoms with Crippen molar-refractivity contribution in [2.75, 3.05) is 0 Å². The lowest BCUT2D eigenvalue weighted by atomic mass is 9.91. The number of fused-ring (bicyclic) bond motifs is 3. The van der Waals surface area contributed by atoms with E-state index in [0.29, 0.717) is 0 Å². The Kier molecular flexibility index (Phi) is 4.87. The van der Waals surface area contributed by atoms with Crippen molar-refractivity contribution in [1.82, 2.24) is 4.98 Å². The molecule has 116 valence electrons. The monoisotopic (exact) mass is 357 g/mol. The van der Waals surface area contributed by atoms with Gasteiger partial charge in [-0.15, -0.1) is 0 Å². The Morgan fingerprint density at radius 2 is 1.86 bits per heavy atom. The number of aromatic amines is 1. The van der Waals surface area contributed by atoms with Crippen molar-refractivity contribution in [1.29, 1.82) is 0 Å². The van der Waals surface area contributed by atoms with Crippen LogP contribution in [0.2, 0.25) is 0 Å². The van der Waals surface area contributed by atoms with Gasteiger partial charge >= 0.3 is 0 Å². The highest BCUT2D eigenvalue weighted by Crippen LogP contribution is 2.29. The quantitative estimate of drug-likeness (QED) is 0.496. The van der Waals surface area contributed by atoms with Gasteiger partial charge in [-0.1, -0.05) is 67.6 Å². The molecule has 3 rings (SSSR count). The van der Waals surface area contributed by atoms with E-state index in [-0.39, 0.29) is 0 Å². The van der Waals surface area contributed by atoms with Crippen LogP contribution in [0.5, 0.6) is 0 Å². The van der Waals surface area contributed by atoms with Crippen LogP contribution < -0.4 is 0 Å². The van der Waals surface area contributed by atoms with Crippen molar-refractivity contribution in [3.63, 3.8) is 0 Å². The van der Waals surface area contributed by atoms with Crippen LogP contribution in [0.1, 0.15) is 45.1 Å². The van der Waals surface area contributed by atoms with Gasteiger partial charge in [0.25, 0.3) is 0 Å². The number of nitrogens with one attached hydrogen (secondary N) is 1. The van der Waals surface area contributed by atoms with E-state index < -0.39 is 0 Å². The Labute approximate surface area is 141 Å². The highest BCUT2D eigenvalue weighted by Gasteiger charge is 2.10. The summed E-state index contributed by atoms with van der Waals surface area (Å²) in [7, 11) is 0. The molecular formula is C20H24BrN. The van der Waals surface area contributed by atoms with Crippen LogP contribution >= 0.6 is 15.9 Å². The van der Waals surface area contributed by atoms with Gasteiger partial charge < -0.3 is 4.98 Å². The fraction of sp³-hybridized carbons (Fsp3) is 0.400.